The first-order valence-corrected chi connectivity index (χ1v) is 6.44. The Hall–Kier alpha value is -2.62. The molecule has 3 rings (SSSR count). The number of carbonyl (C=O) groups is 1. The van der Waals surface area contributed by atoms with Crippen molar-refractivity contribution in [1.82, 2.24) is 10.2 Å². The summed E-state index contributed by atoms with van der Waals surface area (Å²) in [5, 5.41) is 10.7. The van der Waals surface area contributed by atoms with Crippen molar-refractivity contribution in [3.63, 3.8) is 0 Å². The van der Waals surface area contributed by atoms with Gasteiger partial charge in [-0.2, -0.15) is 5.10 Å². The molecule has 0 fully saturated rings. The second kappa shape index (κ2) is 4.81. The maximum absolute atomic E-state index is 12.3. The minimum atomic E-state index is -0.119. The molecular weight excluding hydrogens is 250 g/mol. The normalized spacial score (nSPS) is 10.7. The van der Waals surface area contributed by atoms with Gasteiger partial charge in [0.05, 0.1) is 11.7 Å². The van der Waals surface area contributed by atoms with Crippen molar-refractivity contribution in [2.45, 2.75) is 13.8 Å². The predicted octanol–water partition coefficient (Wildman–Crippen LogP) is 3.43. The van der Waals surface area contributed by atoms with Gasteiger partial charge in [-0.1, -0.05) is 12.1 Å². The molecule has 1 amide bonds. The Morgan fingerprint density at radius 2 is 1.85 bits per heavy atom. The number of aromatic amines is 1. The van der Waals surface area contributed by atoms with E-state index in [1.807, 2.05) is 32.0 Å². The highest BCUT2D eigenvalue weighted by Crippen LogP contribution is 2.17. The van der Waals surface area contributed by atoms with E-state index < -0.39 is 0 Å². The minimum absolute atomic E-state index is 0.119. The molecule has 0 unspecified atom stereocenters. The standard InChI is InChI=1S/C16H15N3O/c1-10-5-11(2)7-14(6-10)18-16(20)12-3-4-13-9-17-19-15(13)8-12/h3-9H,1-2H3,(H,17,19)(H,18,20). The number of amides is 1. The Morgan fingerprint density at radius 3 is 2.60 bits per heavy atom. The van der Waals surface area contributed by atoms with Gasteiger partial charge >= 0.3 is 0 Å². The number of aryl methyl sites for hydroxylation is 2. The number of hydrogen-bond acceptors (Lipinski definition) is 2. The summed E-state index contributed by atoms with van der Waals surface area (Å²) >= 11 is 0. The highest BCUT2D eigenvalue weighted by Gasteiger charge is 2.08. The fourth-order valence-electron chi connectivity index (χ4n) is 2.33. The van der Waals surface area contributed by atoms with E-state index in [1.165, 1.54) is 0 Å². The quantitative estimate of drug-likeness (QED) is 0.745. The Kier molecular flexibility index (Phi) is 2.99. The minimum Gasteiger partial charge on any atom is -0.322 e. The number of rotatable bonds is 2. The van der Waals surface area contributed by atoms with E-state index in [0.29, 0.717) is 5.56 Å². The number of benzene rings is 2. The van der Waals surface area contributed by atoms with Crippen LogP contribution in [0, 0.1) is 13.8 Å². The number of H-pyrrole nitrogens is 1. The Bertz CT molecular complexity index is 769. The molecule has 0 radical (unpaired) electrons. The molecule has 0 atom stereocenters. The number of aromatic nitrogens is 2. The van der Waals surface area contributed by atoms with Gasteiger partial charge in [-0.15, -0.1) is 0 Å². The molecule has 4 nitrogen and oxygen atoms in total. The van der Waals surface area contributed by atoms with Crippen LogP contribution in [-0.4, -0.2) is 16.1 Å². The van der Waals surface area contributed by atoms with Crippen LogP contribution < -0.4 is 5.32 Å². The van der Waals surface area contributed by atoms with E-state index in [9.17, 15) is 4.79 Å². The van der Waals surface area contributed by atoms with E-state index in [-0.39, 0.29) is 5.91 Å². The molecule has 20 heavy (non-hydrogen) atoms. The van der Waals surface area contributed by atoms with Crippen LogP contribution in [0.1, 0.15) is 21.5 Å². The maximum Gasteiger partial charge on any atom is 0.255 e. The molecule has 0 saturated carbocycles. The zero-order valence-electron chi connectivity index (χ0n) is 11.4. The molecule has 4 heteroatoms. The lowest BCUT2D eigenvalue weighted by atomic mass is 10.1. The number of hydrogen-bond donors (Lipinski definition) is 2. The van der Waals surface area contributed by atoms with Gasteiger partial charge < -0.3 is 5.32 Å². The van der Waals surface area contributed by atoms with Crippen LogP contribution in [0.2, 0.25) is 0 Å². The molecule has 0 saturated heterocycles. The Labute approximate surface area is 116 Å². The van der Waals surface area contributed by atoms with Crippen LogP contribution in [0.4, 0.5) is 5.69 Å². The van der Waals surface area contributed by atoms with Gasteiger partial charge in [0.2, 0.25) is 0 Å². The Morgan fingerprint density at radius 1 is 1.10 bits per heavy atom. The number of fused-ring (bicyclic) bond motifs is 1. The lowest BCUT2D eigenvalue weighted by Gasteiger charge is -2.07. The molecule has 0 bridgehead atoms. The fraction of sp³-hybridized carbons (Fsp3) is 0.125. The zero-order chi connectivity index (χ0) is 14.1. The van der Waals surface area contributed by atoms with Crippen molar-refractivity contribution < 1.29 is 4.79 Å². The van der Waals surface area contributed by atoms with Gasteiger partial charge in [0.15, 0.2) is 0 Å². The fourth-order valence-corrected chi connectivity index (χ4v) is 2.33. The molecule has 0 aliphatic heterocycles. The van der Waals surface area contributed by atoms with Crippen LogP contribution in [0.15, 0.2) is 42.6 Å². The SMILES string of the molecule is Cc1cc(C)cc(NC(=O)c2ccc3cn[nH]c3c2)c1. The van der Waals surface area contributed by atoms with Crippen molar-refractivity contribution in [2.24, 2.45) is 0 Å². The molecule has 3 aromatic rings. The molecule has 1 aromatic heterocycles. The van der Waals surface area contributed by atoms with E-state index in [2.05, 4.69) is 21.6 Å². The first kappa shape index (κ1) is 12.4. The summed E-state index contributed by atoms with van der Waals surface area (Å²) in [4.78, 5) is 12.3. The van der Waals surface area contributed by atoms with Crippen molar-refractivity contribution in [3.05, 3.63) is 59.3 Å². The van der Waals surface area contributed by atoms with Gasteiger partial charge in [0, 0.05) is 16.6 Å². The molecule has 100 valence electrons. The number of nitrogens with one attached hydrogen (secondary N) is 2. The lowest BCUT2D eigenvalue weighted by Crippen LogP contribution is -2.12. The second-order valence-corrected chi connectivity index (χ2v) is 5.00. The van der Waals surface area contributed by atoms with E-state index in [4.69, 9.17) is 0 Å². The van der Waals surface area contributed by atoms with Crippen LogP contribution in [0.5, 0.6) is 0 Å². The number of anilines is 1. The van der Waals surface area contributed by atoms with E-state index >= 15 is 0 Å². The first-order valence-electron chi connectivity index (χ1n) is 6.44. The van der Waals surface area contributed by atoms with Crippen molar-refractivity contribution in [2.75, 3.05) is 5.32 Å². The first-order chi connectivity index (χ1) is 9.61. The largest absolute Gasteiger partial charge is 0.322 e. The molecule has 0 aliphatic carbocycles. The summed E-state index contributed by atoms with van der Waals surface area (Å²) in [5.41, 5.74) is 4.55. The lowest BCUT2D eigenvalue weighted by molar-refractivity contribution is 0.102. The smallest absolute Gasteiger partial charge is 0.255 e. The Balaban J connectivity index is 1.88. The third-order valence-corrected chi connectivity index (χ3v) is 3.18. The van der Waals surface area contributed by atoms with Crippen LogP contribution in [0.3, 0.4) is 0 Å². The van der Waals surface area contributed by atoms with Crippen molar-refractivity contribution >= 4 is 22.5 Å². The zero-order valence-corrected chi connectivity index (χ0v) is 11.4. The van der Waals surface area contributed by atoms with Gasteiger partial charge in [-0.05, 0) is 49.2 Å². The molecule has 1 heterocycles. The number of carbonyl (C=O) groups excluding carboxylic acids is 1. The third kappa shape index (κ3) is 2.40. The van der Waals surface area contributed by atoms with E-state index in [0.717, 1.165) is 27.7 Å². The molecule has 2 N–H and O–H groups in total. The topological polar surface area (TPSA) is 57.8 Å². The molecular formula is C16H15N3O. The molecule has 0 spiro atoms. The predicted molar refractivity (Wildman–Crippen MR) is 80.0 cm³/mol. The highest BCUT2D eigenvalue weighted by molar-refractivity contribution is 6.06. The van der Waals surface area contributed by atoms with Gasteiger partial charge in [-0.25, -0.2) is 0 Å². The van der Waals surface area contributed by atoms with Crippen LogP contribution >= 0.6 is 0 Å². The van der Waals surface area contributed by atoms with Crippen LogP contribution in [-0.2, 0) is 0 Å². The monoisotopic (exact) mass is 265 g/mol. The molecule has 0 aliphatic rings. The molecule has 2 aromatic carbocycles. The summed E-state index contributed by atoms with van der Waals surface area (Å²) in [6.07, 6.45) is 1.74. The van der Waals surface area contributed by atoms with Gasteiger partial charge in [0.25, 0.3) is 5.91 Å². The van der Waals surface area contributed by atoms with Crippen molar-refractivity contribution in [1.29, 1.82) is 0 Å². The van der Waals surface area contributed by atoms with Gasteiger partial charge in [-0.3, -0.25) is 9.89 Å². The summed E-state index contributed by atoms with van der Waals surface area (Å²) in [6.45, 7) is 4.03. The van der Waals surface area contributed by atoms with E-state index in [1.54, 1.807) is 18.3 Å². The third-order valence-electron chi connectivity index (χ3n) is 3.18. The average molecular weight is 265 g/mol. The summed E-state index contributed by atoms with van der Waals surface area (Å²) < 4.78 is 0. The van der Waals surface area contributed by atoms with Crippen LogP contribution in [0.25, 0.3) is 10.9 Å². The number of nitrogens with zero attached hydrogens (tertiary/aromatic N) is 1. The highest BCUT2D eigenvalue weighted by atomic mass is 16.1. The summed E-state index contributed by atoms with van der Waals surface area (Å²) in [5.74, 6) is -0.119. The summed E-state index contributed by atoms with van der Waals surface area (Å²) in [7, 11) is 0. The van der Waals surface area contributed by atoms with Gasteiger partial charge in [0.1, 0.15) is 0 Å². The van der Waals surface area contributed by atoms with Crippen molar-refractivity contribution in [3.8, 4) is 0 Å². The summed E-state index contributed by atoms with van der Waals surface area (Å²) in [6, 6.07) is 11.5. The average Bonchev–Trinajstić information content (AvgIpc) is 2.84. The maximum atomic E-state index is 12.3. The second-order valence-electron chi connectivity index (χ2n) is 5.00.